The zero-order valence-electron chi connectivity index (χ0n) is 27.1. The highest BCUT2D eigenvalue weighted by molar-refractivity contribution is 7.99. The monoisotopic (exact) mass is 720 g/mol. The maximum absolute atomic E-state index is 12.8. The average molecular weight is 721 g/mol. The van der Waals surface area contributed by atoms with Crippen LogP contribution in [0.15, 0.2) is 102 Å². The average Bonchev–Trinajstić information content (AvgIpc) is 3.01. The van der Waals surface area contributed by atoms with Crippen LogP contribution in [-0.4, -0.2) is 42.0 Å². The van der Waals surface area contributed by atoms with E-state index >= 15 is 0 Å². The van der Waals surface area contributed by atoms with Gasteiger partial charge in [0, 0.05) is 17.0 Å². The standard InChI is InChI=1S/C16H16N4O5S.C16H16N4O3S/c1-9-3-5-11(6-4-9)26(24,25)14-7-10(2)12(8-13(14)20(22)23)15(21)19-16(17)18;1-9-3-5-11(6-4-9)24-14-7-10(2)12(8-13(14)20(22)23)15(21)19-16(17)18/h3-8H,1-2H3,(H4,17,18,19,21);3-8H,1-2H3,(H4,17,18,19,21). The van der Waals surface area contributed by atoms with Crippen molar-refractivity contribution in [3.63, 3.8) is 0 Å². The molecular formula is C32H32N8O8S2. The Morgan fingerprint density at radius 2 is 1.08 bits per heavy atom. The molecule has 0 atom stereocenters. The van der Waals surface area contributed by atoms with Crippen LogP contribution in [0.1, 0.15) is 43.0 Å². The molecule has 50 heavy (non-hydrogen) atoms. The van der Waals surface area contributed by atoms with E-state index in [1.165, 1.54) is 36.9 Å². The van der Waals surface area contributed by atoms with E-state index < -0.39 is 48.0 Å². The first kappa shape index (κ1) is 38.3. The Morgan fingerprint density at radius 1 is 0.660 bits per heavy atom. The third kappa shape index (κ3) is 9.48. The molecule has 0 fully saturated rings. The normalized spacial score (nSPS) is 10.6. The van der Waals surface area contributed by atoms with E-state index in [9.17, 15) is 38.2 Å². The molecule has 0 radical (unpaired) electrons. The summed E-state index contributed by atoms with van der Waals surface area (Å²) in [5, 5.41) is 22.8. The van der Waals surface area contributed by atoms with Crippen LogP contribution in [0.5, 0.6) is 0 Å². The molecule has 16 nitrogen and oxygen atoms in total. The molecule has 4 aromatic rings. The van der Waals surface area contributed by atoms with E-state index in [0.29, 0.717) is 10.5 Å². The number of nitrogens with zero attached hydrogens (tertiary/aromatic N) is 4. The molecule has 0 aliphatic rings. The molecule has 0 spiro atoms. The number of aryl methyl sites for hydroxylation is 4. The first-order valence-electron chi connectivity index (χ1n) is 14.2. The van der Waals surface area contributed by atoms with Gasteiger partial charge >= 0.3 is 0 Å². The number of nitro benzene ring substituents is 2. The summed E-state index contributed by atoms with van der Waals surface area (Å²) in [4.78, 5) is 52.8. The SMILES string of the molecule is Cc1ccc(S(=O)(=O)c2cc(C)c(C(=O)N=C(N)N)cc2[N+](=O)[O-])cc1.Cc1ccc(Sc2cc(C)c(C(=O)N=C(N)N)cc2[N+](=O)[O-])cc1. The van der Waals surface area contributed by atoms with Gasteiger partial charge in [-0.15, -0.1) is 0 Å². The van der Waals surface area contributed by atoms with Gasteiger partial charge in [0.1, 0.15) is 4.90 Å². The van der Waals surface area contributed by atoms with Gasteiger partial charge in [0.25, 0.3) is 23.2 Å². The number of carbonyl (C=O) groups is 2. The Morgan fingerprint density at radius 3 is 1.52 bits per heavy atom. The lowest BCUT2D eigenvalue weighted by Gasteiger charge is -2.09. The second kappa shape index (κ2) is 15.8. The highest BCUT2D eigenvalue weighted by Gasteiger charge is 2.30. The second-order valence-corrected chi connectivity index (χ2v) is 13.7. The number of guanidine groups is 2. The minimum absolute atomic E-state index is 0.0890. The van der Waals surface area contributed by atoms with Gasteiger partial charge in [-0.05, 0) is 75.2 Å². The van der Waals surface area contributed by atoms with Gasteiger partial charge in [-0.2, -0.15) is 9.98 Å². The molecule has 0 unspecified atom stereocenters. The number of amides is 2. The molecule has 8 N–H and O–H groups in total. The summed E-state index contributed by atoms with van der Waals surface area (Å²) in [7, 11) is -4.16. The van der Waals surface area contributed by atoms with Crippen molar-refractivity contribution in [3.8, 4) is 0 Å². The smallest absolute Gasteiger partial charge is 0.289 e. The maximum Gasteiger partial charge on any atom is 0.289 e. The van der Waals surface area contributed by atoms with Crippen LogP contribution in [0, 0.1) is 47.9 Å². The fourth-order valence-corrected chi connectivity index (χ4v) is 6.80. The Bertz CT molecular complexity index is 2160. The van der Waals surface area contributed by atoms with E-state index in [2.05, 4.69) is 9.98 Å². The fourth-order valence-electron chi connectivity index (χ4n) is 4.32. The van der Waals surface area contributed by atoms with Crippen LogP contribution < -0.4 is 22.9 Å². The molecule has 0 aliphatic heterocycles. The van der Waals surface area contributed by atoms with E-state index in [4.69, 9.17) is 22.9 Å². The van der Waals surface area contributed by atoms with Gasteiger partial charge in [-0.1, -0.05) is 47.2 Å². The number of carbonyl (C=O) groups excluding carboxylic acids is 2. The van der Waals surface area contributed by atoms with E-state index in [-0.39, 0.29) is 33.2 Å². The molecule has 4 aromatic carbocycles. The van der Waals surface area contributed by atoms with Gasteiger partial charge in [0.2, 0.25) is 9.84 Å². The van der Waals surface area contributed by atoms with Crippen molar-refractivity contribution in [1.29, 1.82) is 0 Å². The highest BCUT2D eigenvalue weighted by Crippen LogP contribution is 2.37. The fraction of sp³-hybridized carbons (Fsp3) is 0.125. The van der Waals surface area contributed by atoms with Crippen molar-refractivity contribution in [2.45, 2.75) is 47.3 Å². The molecule has 0 saturated carbocycles. The van der Waals surface area contributed by atoms with E-state index in [0.717, 1.165) is 28.2 Å². The van der Waals surface area contributed by atoms with Crippen molar-refractivity contribution in [2.75, 3.05) is 0 Å². The van der Waals surface area contributed by atoms with Crippen LogP contribution >= 0.6 is 11.8 Å². The highest BCUT2D eigenvalue weighted by atomic mass is 32.2. The van der Waals surface area contributed by atoms with Crippen LogP contribution in [0.3, 0.4) is 0 Å². The quantitative estimate of drug-likeness (QED) is 0.0859. The number of benzene rings is 4. The second-order valence-electron chi connectivity index (χ2n) is 10.7. The first-order chi connectivity index (χ1) is 23.3. The zero-order valence-corrected chi connectivity index (χ0v) is 28.7. The van der Waals surface area contributed by atoms with Crippen molar-refractivity contribution >= 4 is 56.7 Å². The number of nitro groups is 2. The zero-order chi connectivity index (χ0) is 37.5. The summed E-state index contributed by atoms with van der Waals surface area (Å²) in [6.07, 6.45) is 0. The largest absolute Gasteiger partial charge is 0.370 e. The lowest BCUT2D eigenvalue weighted by atomic mass is 10.1. The van der Waals surface area contributed by atoms with Crippen LogP contribution in [0.4, 0.5) is 11.4 Å². The van der Waals surface area contributed by atoms with Gasteiger partial charge in [0.05, 0.1) is 30.8 Å². The van der Waals surface area contributed by atoms with Gasteiger partial charge in [-0.3, -0.25) is 29.8 Å². The summed E-state index contributed by atoms with van der Waals surface area (Å²) in [5.74, 6) is -2.50. The Balaban J connectivity index is 0.000000271. The number of nitrogens with two attached hydrogens (primary N) is 4. The predicted molar refractivity (Wildman–Crippen MR) is 188 cm³/mol. The number of aliphatic imine (C=N–C) groups is 2. The van der Waals surface area contributed by atoms with Gasteiger partial charge in [-0.25, -0.2) is 8.42 Å². The molecule has 4 rings (SSSR count). The molecule has 260 valence electrons. The predicted octanol–water partition coefficient (Wildman–Crippen LogP) is 4.23. The summed E-state index contributed by atoms with van der Waals surface area (Å²) >= 11 is 1.26. The van der Waals surface area contributed by atoms with Crippen molar-refractivity contribution in [2.24, 2.45) is 32.9 Å². The summed E-state index contributed by atoms with van der Waals surface area (Å²) in [5.41, 5.74) is 22.4. The molecule has 0 aromatic heterocycles. The van der Waals surface area contributed by atoms with Crippen molar-refractivity contribution in [3.05, 3.63) is 126 Å². The summed E-state index contributed by atoms with van der Waals surface area (Å²) < 4.78 is 25.6. The molecule has 0 heterocycles. The minimum atomic E-state index is -4.16. The van der Waals surface area contributed by atoms with Gasteiger partial charge in [0.15, 0.2) is 11.9 Å². The summed E-state index contributed by atoms with van der Waals surface area (Å²) in [6, 6.07) is 18.3. The Hall–Kier alpha value is -6.14. The molecule has 18 heteroatoms. The molecule has 0 aliphatic carbocycles. The van der Waals surface area contributed by atoms with Crippen LogP contribution in [-0.2, 0) is 9.84 Å². The Labute approximate surface area is 290 Å². The number of sulfone groups is 1. The topological polar surface area (TPSA) is 283 Å². The lowest BCUT2D eigenvalue weighted by Crippen LogP contribution is -2.24. The first-order valence-corrected chi connectivity index (χ1v) is 16.5. The van der Waals surface area contributed by atoms with E-state index in [1.807, 2.05) is 31.2 Å². The number of rotatable bonds is 8. The molecule has 0 bridgehead atoms. The lowest BCUT2D eigenvalue weighted by molar-refractivity contribution is -0.388. The van der Waals surface area contributed by atoms with E-state index in [1.54, 1.807) is 32.0 Å². The third-order valence-electron chi connectivity index (χ3n) is 6.80. The summed E-state index contributed by atoms with van der Waals surface area (Å²) in [6.45, 7) is 6.86. The van der Waals surface area contributed by atoms with Crippen molar-refractivity contribution < 1.29 is 27.9 Å². The third-order valence-corrected chi connectivity index (χ3v) is 9.65. The maximum atomic E-state index is 12.8. The Kier molecular flexibility index (Phi) is 12.1. The van der Waals surface area contributed by atoms with Crippen LogP contribution in [0.25, 0.3) is 0 Å². The molecule has 0 saturated heterocycles. The minimum Gasteiger partial charge on any atom is -0.370 e. The molecular weight excluding hydrogens is 689 g/mol. The van der Waals surface area contributed by atoms with Crippen LogP contribution in [0.2, 0.25) is 0 Å². The number of hydrogen-bond acceptors (Lipinski definition) is 9. The van der Waals surface area contributed by atoms with Gasteiger partial charge < -0.3 is 22.9 Å². The number of hydrogen-bond donors (Lipinski definition) is 4. The molecule has 2 amide bonds. The van der Waals surface area contributed by atoms with Crippen molar-refractivity contribution in [1.82, 2.24) is 0 Å².